The van der Waals surface area contributed by atoms with Crippen molar-refractivity contribution >= 4 is 15.9 Å². The van der Waals surface area contributed by atoms with Gasteiger partial charge in [-0.1, -0.05) is 40.9 Å². The van der Waals surface area contributed by atoms with E-state index in [1.807, 2.05) is 12.1 Å². The number of aliphatic hydroxyl groups excluding tert-OH is 1. The van der Waals surface area contributed by atoms with Crippen LogP contribution in [0, 0.1) is 0 Å². The highest BCUT2D eigenvalue weighted by Gasteiger charge is 2.45. The number of nitrogens with zero attached hydrogens (tertiary/aromatic N) is 1. The first-order chi connectivity index (χ1) is 10.2. The van der Waals surface area contributed by atoms with Crippen LogP contribution in [0.5, 0.6) is 0 Å². The number of ether oxygens (including phenoxy) is 1. The number of hydrogen-bond donors (Lipinski definition) is 1. The van der Waals surface area contributed by atoms with Crippen molar-refractivity contribution in [1.82, 2.24) is 4.90 Å². The van der Waals surface area contributed by atoms with Crippen LogP contribution < -0.4 is 0 Å². The van der Waals surface area contributed by atoms with E-state index < -0.39 is 0 Å². The van der Waals surface area contributed by atoms with Gasteiger partial charge in [0, 0.05) is 29.5 Å². The smallest absolute Gasteiger partial charge is 0.0764 e. The summed E-state index contributed by atoms with van der Waals surface area (Å²) in [5.41, 5.74) is 1.17. The molecule has 1 aliphatic carbocycles. The second-order valence-electron chi connectivity index (χ2n) is 6.26. The molecule has 1 unspecified atom stereocenters. The van der Waals surface area contributed by atoms with Crippen molar-refractivity contribution in [2.45, 2.75) is 43.7 Å². The third kappa shape index (κ3) is 3.34. The maximum absolute atomic E-state index is 11.0. The normalized spacial score (nSPS) is 24.1. The minimum absolute atomic E-state index is 0.0356. The van der Waals surface area contributed by atoms with Crippen molar-refractivity contribution < 1.29 is 9.84 Å². The van der Waals surface area contributed by atoms with E-state index in [-0.39, 0.29) is 11.6 Å². The van der Waals surface area contributed by atoms with Gasteiger partial charge in [-0.15, -0.1) is 0 Å². The number of benzene rings is 1. The lowest BCUT2D eigenvalue weighted by Gasteiger charge is -2.46. The molecule has 0 spiro atoms. The second kappa shape index (κ2) is 6.78. The molecule has 2 aliphatic rings. The summed E-state index contributed by atoms with van der Waals surface area (Å²) in [5, 5.41) is 11.0. The quantitative estimate of drug-likeness (QED) is 0.902. The molecule has 21 heavy (non-hydrogen) atoms. The summed E-state index contributed by atoms with van der Waals surface area (Å²) >= 11 is 3.52. The van der Waals surface area contributed by atoms with Crippen molar-refractivity contribution in [1.29, 1.82) is 0 Å². The Balaban J connectivity index is 1.76. The fourth-order valence-corrected chi connectivity index (χ4v) is 4.38. The summed E-state index contributed by atoms with van der Waals surface area (Å²) < 4.78 is 6.57. The van der Waals surface area contributed by atoms with Crippen molar-refractivity contribution in [3.8, 4) is 0 Å². The predicted molar refractivity (Wildman–Crippen MR) is 87.4 cm³/mol. The summed E-state index contributed by atoms with van der Waals surface area (Å²) in [6.07, 6.45) is 5.12. The van der Waals surface area contributed by atoms with Crippen molar-refractivity contribution in [2.24, 2.45) is 0 Å². The summed E-state index contributed by atoms with van der Waals surface area (Å²) in [6, 6.07) is 8.30. The third-order valence-corrected chi connectivity index (χ3v) is 5.54. The molecule has 2 fully saturated rings. The maximum Gasteiger partial charge on any atom is 0.0764 e. The highest BCUT2D eigenvalue weighted by molar-refractivity contribution is 9.10. The van der Waals surface area contributed by atoms with Crippen LogP contribution in [0.15, 0.2) is 28.7 Å². The van der Waals surface area contributed by atoms with Crippen LogP contribution in [0.3, 0.4) is 0 Å². The van der Waals surface area contributed by atoms with Gasteiger partial charge in [-0.25, -0.2) is 0 Å². The van der Waals surface area contributed by atoms with Crippen LogP contribution in [0.1, 0.15) is 31.2 Å². The van der Waals surface area contributed by atoms with Gasteiger partial charge in [-0.3, -0.25) is 4.90 Å². The maximum atomic E-state index is 11.0. The van der Waals surface area contributed by atoms with E-state index in [0.717, 1.165) is 50.0 Å². The Hall–Kier alpha value is -0.420. The lowest BCUT2D eigenvalue weighted by atomic mass is 9.84. The van der Waals surface area contributed by atoms with Gasteiger partial charge < -0.3 is 9.84 Å². The molecule has 0 radical (unpaired) electrons. The lowest BCUT2D eigenvalue weighted by molar-refractivity contribution is -0.0753. The Morgan fingerprint density at radius 1 is 1.24 bits per heavy atom. The van der Waals surface area contributed by atoms with Gasteiger partial charge in [0.15, 0.2) is 0 Å². The molecule has 3 rings (SSSR count). The Bertz CT molecular complexity index is 468. The molecular formula is C17H24BrNO2. The zero-order valence-electron chi connectivity index (χ0n) is 12.4. The van der Waals surface area contributed by atoms with E-state index in [2.05, 4.69) is 33.0 Å². The number of morpholine rings is 1. The molecule has 1 aromatic carbocycles. The third-order valence-electron chi connectivity index (χ3n) is 5.05. The summed E-state index contributed by atoms with van der Waals surface area (Å²) in [4.78, 5) is 2.49. The molecule has 4 heteroatoms. The van der Waals surface area contributed by atoms with Gasteiger partial charge in [0.05, 0.1) is 19.3 Å². The average Bonchev–Trinajstić information content (AvgIpc) is 2.99. The Labute approximate surface area is 135 Å². The highest BCUT2D eigenvalue weighted by atomic mass is 79.9. The molecule has 0 amide bonds. The first-order valence-corrected chi connectivity index (χ1v) is 8.75. The van der Waals surface area contributed by atoms with Crippen LogP contribution >= 0.6 is 15.9 Å². The molecule has 3 nitrogen and oxygen atoms in total. The van der Waals surface area contributed by atoms with Gasteiger partial charge in [0.2, 0.25) is 0 Å². The topological polar surface area (TPSA) is 32.7 Å². The van der Waals surface area contributed by atoms with E-state index in [4.69, 9.17) is 4.74 Å². The van der Waals surface area contributed by atoms with Crippen LogP contribution in [0.4, 0.5) is 0 Å². The zero-order chi connectivity index (χ0) is 14.7. The van der Waals surface area contributed by atoms with Gasteiger partial charge in [0.25, 0.3) is 0 Å². The molecule has 0 bridgehead atoms. The van der Waals surface area contributed by atoms with E-state index in [1.54, 1.807) is 0 Å². The number of halogens is 1. The van der Waals surface area contributed by atoms with Gasteiger partial charge in [-0.05, 0) is 30.5 Å². The van der Waals surface area contributed by atoms with Gasteiger partial charge in [-0.2, -0.15) is 0 Å². The molecule has 116 valence electrons. The van der Waals surface area contributed by atoms with Crippen molar-refractivity contribution in [2.75, 3.05) is 26.3 Å². The van der Waals surface area contributed by atoms with Crippen LogP contribution in [-0.2, 0) is 11.2 Å². The van der Waals surface area contributed by atoms with Crippen LogP contribution in [0.25, 0.3) is 0 Å². The number of aliphatic hydroxyl groups is 1. The number of rotatable bonds is 4. The van der Waals surface area contributed by atoms with Crippen molar-refractivity contribution in [3.05, 3.63) is 34.3 Å². The lowest BCUT2D eigenvalue weighted by Crippen LogP contribution is -2.59. The standard InChI is InChI=1S/C17H24BrNO2/c18-15-5-3-4-14(12-15)13-16(20)17(6-1-2-7-17)19-8-10-21-11-9-19/h3-5,12,16,20H,1-2,6-11,13H2. The fourth-order valence-electron chi connectivity index (χ4n) is 3.93. The Kier molecular flexibility index (Phi) is 4.99. The molecule has 1 heterocycles. The fraction of sp³-hybridized carbons (Fsp3) is 0.647. The Morgan fingerprint density at radius 2 is 1.95 bits per heavy atom. The Morgan fingerprint density at radius 3 is 2.62 bits per heavy atom. The second-order valence-corrected chi connectivity index (χ2v) is 7.18. The molecule has 1 aromatic rings. The largest absolute Gasteiger partial charge is 0.391 e. The zero-order valence-corrected chi connectivity index (χ0v) is 14.0. The van der Waals surface area contributed by atoms with Gasteiger partial charge in [0.1, 0.15) is 0 Å². The number of hydrogen-bond acceptors (Lipinski definition) is 3. The average molecular weight is 354 g/mol. The molecular weight excluding hydrogens is 330 g/mol. The van der Waals surface area contributed by atoms with E-state index in [1.165, 1.54) is 18.4 Å². The van der Waals surface area contributed by atoms with E-state index in [9.17, 15) is 5.11 Å². The molecule has 1 saturated carbocycles. The summed E-state index contributed by atoms with van der Waals surface area (Å²) in [5.74, 6) is 0. The predicted octanol–water partition coefficient (Wildman–Crippen LogP) is 3.00. The molecule has 1 aliphatic heterocycles. The monoisotopic (exact) mass is 353 g/mol. The summed E-state index contributed by atoms with van der Waals surface area (Å²) in [6.45, 7) is 3.50. The minimum Gasteiger partial charge on any atom is -0.391 e. The minimum atomic E-state index is -0.299. The van der Waals surface area contributed by atoms with Gasteiger partial charge >= 0.3 is 0 Å². The first kappa shape index (κ1) is 15.5. The van der Waals surface area contributed by atoms with Crippen LogP contribution in [0.2, 0.25) is 0 Å². The first-order valence-electron chi connectivity index (χ1n) is 7.96. The molecule has 1 atom stereocenters. The highest BCUT2D eigenvalue weighted by Crippen LogP contribution is 2.39. The molecule has 0 aromatic heterocycles. The van der Waals surface area contributed by atoms with E-state index in [0.29, 0.717) is 0 Å². The SMILES string of the molecule is OC(Cc1cccc(Br)c1)C1(N2CCOCC2)CCCC1. The molecule has 1 saturated heterocycles. The van der Waals surface area contributed by atoms with Crippen molar-refractivity contribution in [3.63, 3.8) is 0 Å². The molecule has 1 N–H and O–H groups in total. The van der Waals surface area contributed by atoms with Crippen LogP contribution in [-0.4, -0.2) is 48.0 Å². The summed E-state index contributed by atoms with van der Waals surface area (Å²) in [7, 11) is 0. The van der Waals surface area contributed by atoms with E-state index >= 15 is 0 Å².